The number of hydrogen-bond acceptors (Lipinski definition) is 5. The van der Waals surface area contributed by atoms with Gasteiger partial charge in [-0.25, -0.2) is 0 Å². The summed E-state index contributed by atoms with van der Waals surface area (Å²) in [6.07, 6.45) is 5.58. The molecule has 0 saturated heterocycles. The van der Waals surface area contributed by atoms with Gasteiger partial charge in [0.2, 0.25) is 10.1 Å². The van der Waals surface area contributed by atoms with Crippen LogP contribution in [0.4, 0.5) is 5.13 Å². The zero-order valence-corrected chi connectivity index (χ0v) is 12.4. The fraction of sp³-hybridized carbons (Fsp3) is 0.769. The molecule has 1 aliphatic rings. The monoisotopic (exact) mass is 282 g/mol. The molecule has 2 rings (SSSR count). The number of rotatable bonds is 5. The van der Waals surface area contributed by atoms with Crippen LogP contribution in [0.5, 0.6) is 0 Å². The Hall–Kier alpha value is -1.17. The van der Waals surface area contributed by atoms with Crippen LogP contribution in [0.1, 0.15) is 55.8 Å². The molecule has 1 amide bonds. The van der Waals surface area contributed by atoms with Crippen molar-refractivity contribution in [2.24, 2.45) is 5.92 Å². The fourth-order valence-electron chi connectivity index (χ4n) is 2.27. The first kappa shape index (κ1) is 14.2. The number of hydrogen-bond donors (Lipinski definition) is 2. The lowest BCUT2D eigenvalue weighted by molar-refractivity contribution is 0.0922. The van der Waals surface area contributed by atoms with Crippen LogP contribution in [0.2, 0.25) is 0 Å². The van der Waals surface area contributed by atoms with E-state index in [1.165, 1.54) is 24.2 Å². The Morgan fingerprint density at radius 2 is 2.05 bits per heavy atom. The van der Waals surface area contributed by atoms with Gasteiger partial charge in [0.1, 0.15) is 0 Å². The highest BCUT2D eigenvalue weighted by Gasteiger charge is 2.21. The van der Waals surface area contributed by atoms with Crippen molar-refractivity contribution in [2.75, 3.05) is 11.9 Å². The maximum atomic E-state index is 12.1. The van der Waals surface area contributed by atoms with Crippen LogP contribution in [0.3, 0.4) is 0 Å². The molecule has 2 N–H and O–H groups in total. The van der Waals surface area contributed by atoms with Crippen LogP contribution >= 0.6 is 11.3 Å². The van der Waals surface area contributed by atoms with E-state index in [1.807, 2.05) is 0 Å². The first-order chi connectivity index (χ1) is 9.19. The molecule has 6 heteroatoms. The van der Waals surface area contributed by atoms with Gasteiger partial charge in [-0.05, 0) is 38.0 Å². The highest BCUT2D eigenvalue weighted by molar-refractivity contribution is 7.17. The average molecular weight is 282 g/mol. The van der Waals surface area contributed by atoms with E-state index in [0.29, 0.717) is 11.0 Å². The van der Waals surface area contributed by atoms with Gasteiger partial charge in [-0.3, -0.25) is 4.79 Å². The van der Waals surface area contributed by atoms with E-state index in [2.05, 4.69) is 34.7 Å². The molecule has 0 unspecified atom stereocenters. The number of amides is 1. The van der Waals surface area contributed by atoms with E-state index < -0.39 is 0 Å². The number of nitrogens with one attached hydrogen (secondary N) is 2. The quantitative estimate of drug-likeness (QED) is 0.871. The van der Waals surface area contributed by atoms with Crippen LogP contribution in [-0.2, 0) is 0 Å². The van der Waals surface area contributed by atoms with E-state index in [9.17, 15) is 4.79 Å². The summed E-state index contributed by atoms with van der Waals surface area (Å²) in [6.45, 7) is 5.22. The van der Waals surface area contributed by atoms with Crippen molar-refractivity contribution in [3.63, 3.8) is 0 Å². The molecule has 1 aromatic rings. The number of carbonyl (C=O) groups excluding carboxylic acids is 1. The Morgan fingerprint density at radius 3 is 2.74 bits per heavy atom. The average Bonchev–Trinajstić information content (AvgIpc) is 2.88. The van der Waals surface area contributed by atoms with E-state index in [4.69, 9.17) is 0 Å². The molecule has 1 aromatic heterocycles. The molecule has 1 saturated carbocycles. The molecule has 19 heavy (non-hydrogen) atoms. The second-order valence-corrected chi connectivity index (χ2v) is 6.25. The summed E-state index contributed by atoms with van der Waals surface area (Å²) in [5, 5.41) is 15.3. The summed E-state index contributed by atoms with van der Waals surface area (Å²) in [5.74, 6) is 0.709. The van der Waals surface area contributed by atoms with E-state index in [1.54, 1.807) is 0 Å². The molecule has 0 bridgehead atoms. The van der Waals surface area contributed by atoms with Crippen LogP contribution in [0, 0.1) is 5.92 Å². The highest BCUT2D eigenvalue weighted by Crippen LogP contribution is 2.24. The minimum Gasteiger partial charge on any atom is -0.360 e. The molecule has 106 valence electrons. The lowest BCUT2D eigenvalue weighted by Crippen LogP contribution is -2.37. The molecular formula is C13H22N4OS. The number of aromatic nitrogens is 2. The van der Waals surface area contributed by atoms with Gasteiger partial charge >= 0.3 is 0 Å². The first-order valence-electron chi connectivity index (χ1n) is 7.07. The topological polar surface area (TPSA) is 66.9 Å². The van der Waals surface area contributed by atoms with Gasteiger partial charge < -0.3 is 10.6 Å². The minimum atomic E-state index is -0.0819. The Balaban J connectivity index is 1.84. The third-order valence-electron chi connectivity index (χ3n) is 3.50. The molecule has 0 atom stereocenters. The number of anilines is 1. The van der Waals surface area contributed by atoms with Crippen LogP contribution < -0.4 is 10.6 Å². The Kier molecular flexibility index (Phi) is 5.13. The van der Waals surface area contributed by atoms with Crippen LogP contribution in [-0.4, -0.2) is 28.7 Å². The third kappa shape index (κ3) is 4.16. The summed E-state index contributed by atoms with van der Waals surface area (Å²) >= 11 is 1.32. The van der Waals surface area contributed by atoms with Gasteiger partial charge in [0.25, 0.3) is 5.91 Å². The first-order valence-corrected chi connectivity index (χ1v) is 7.89. The van der Waals surface area contributed by atoms with Crippen molar-refractivity contribution < 1.29 is 4.79 Å². The molecule has 0 radical (unpaired) electrons. The van der Waals surface area contributed by atoms with Gasteiger partial charge in [-0.2, -0.15) is 0 Å². The van der Waals surface area contributed by atoms with Gasteiger partial charge in [0.05, 0.1) is 0 Å². The second-order valence-electron chi connectivity index (χ2n) is 5.27. The number of carbonyl (C=O) groups is 1. The van der Waals surface area contributed by atoms with Crippen molar-refractivity contribution in [2.45, 2.75) is 52.0 Å². The van der Waals surface area contributed by atoms with Crippen molar-refractivity contribution in [3.8, 4) is 0 Å². The zero-order valence-electron chi connectivity index (χ0n) is 11.6. The van der Waals surface area contributed by atoms with Gasteiger partial charge in [-0.15, -0.1) is 10.2 Å². The lowest BCUT2D eigenvalue weighted by Gasteiger charge is -2.26. The largest absolute Gasteiger partial charge is 0.360 e. The zero-order chi connectivity index (χ0) is 13.7. The molecule has 1 fully saturated rings. The summed E-state index contributed by atoms with van der Waals surface area (Å²) in [6, 6.07) is 0.305. The van der Waals surface area contributed by atoms with Crippen molar-refractivity contribution in [1.82, 2.24) is 15.5 Å². The lowest BCUT2D eigenvalue weighted by atomic mass is 9.87. The summed E-state index contributed by atoms with van der Waals surface area (Å²) in [5.41, 5.74) is 0. The Labute approximate surface area is 118 Å². The molecule has 0 aromatic carbocycles. The Morgan fingerprint density at radius 1 is 1.32 bits per heavy atom. The Bertz CT molecular complexity index is 413. The van der Waals surface area contributed by atoms with Crippen molar-refractivity contribution in [3.05, 3.63) is 5.01 Å². The number of nitrogens with zero attached hydrogens (tertiary/aromatic N) is 2. The van der Waals surface area contributed by atoms with Gasteiger partial charge in [0.15, 0.2) is 0 Å². The predicted octanol–water partition coefficient (Wildman–Crippen LogP) is 2.67. The van der Waals surface area contributed by atoms with Crippen LogP contribution in [0.15, 0.2) is 0 Å². The summed E-state index contributed by atoms with van der Waals surface area (Å²) in [7, 11) is 0. The molecular weight excluding hydrogens is 260 g/mol. The van der Waals surface area contributed by atoms with E-state index in [-0.39, 0.29) is 5.91 Å². The molecule has 1 aliphatic carbocycles. The molecule has 0 aliphatic heterocycles. The van der Waals surface area contributed by atoms with E-state index >= 15 is 0 Å². The smallest absolute Gasteiger partial charge is 0.282 e. The standard InChI is InChI=1S/C13H22N4OS/c1-3-8-14-13-17-16-12(19-13)11(18)15-10-6-4-9(2)5-7-10/h9-10H,3-8H2,1-2H3,(H,14,17)(H,15,18). The third-order valence-corrected chi connectivity index (χ3v) is 4.38. The summed E-state index contributed by atoms with van der Waals surface area (Å²) < 4.78 is 0. The second kappa shape index (κ2) is 6.84. The normalized spacial score (nSPS) is 23.1. The van der Waals surface area contributed by atoms with Gasteiger partial charge in [-0.1, -0.05) is 25.2 Å². The SMILES string of the molecule is CCCNc1nnc(C(=O)NC2CCC(C)CC2)s1. The molecule has 5 nitrogen and oxygen atoms in total. The van der Waals surface area contributed by atoms with Gasteiger partial charge in [0, 0.05) is 12.6 Å². The van der Waals surface area contributed by atoms with Crippen molar-refractivity contribution >= 4 is 22.4 Å². The van der Waals surface area contributed by atoms with Crippen molar-refractivity contribution in [1.29, 1.82) is 0 Å². The maximum absolute atomic E-state index is 12.1. The minimum absolute atomic E-state index is 0.0819. The molecule has 0 spiro atoms. The fourth-order valence-corrected chi connectivity index (χ4v) is 2.94. The molecule has 1 heterocycles. The highest BCUT2D eigenvalue weighted by atomic mass is 32.1. The maximum Gasteiger partial charge on any atom is 0.282 e. The van der Waals surface area contributed by atoms with Crippen LogP contribution in [0.25, 0.3) is 0 Å². The van der Waals surface area contributed by atoms with E-state index in [0.717, 1.165) is 36.9 Å². The summed E-state index contributed by atoms with van der Waals surface area (Å²) in [4.78, 5) is 12.1. The predicted molar refractivity (Wildman–Crippen MR) is 77.6 cm³/mol.